The molecule has 0 atom stereocenters. The van der Waals surface area contributed by atoms with Crippen LogP contribution in [0, 0.1) is 0 Å². The molecule has 1 saturated heterocycles. The van der Waals surface area contributed by atoms with Gasteiger partial charge in [-0.25, -0.2) is 10.0 Å². The Balaban J connectivity index is 2.16. The number of nitrogens with zero attached hydrogens (tertiary/aromatic N) is 2. The van der Waals surface area contributed by atoms with E-state index < -0.39 is 0 Å². The number of guanidine groups is 1. The van der Waals surface area contributed by atoms with Gasteiger partial charge in [0.1, 0.15) is 0 Å². The van der Waals surface area contributed by atoms with Crippen LogP contribution in [0.1, 0.15) is 73.3 Å². The Morgan fingerprint density at radius 2 is 1.54 bits per heavy atom. The van der Waals surface area contributed by atoms with E-state index in [-0.39, 0.29) is 16.5 Å². The largest absolute Gasteiger partial charge is 0.369 e. The van der Waals surface area contributed by atoms with E-state index in [1.165, 1.54) is 12.0 Å². The molecule has 0 unspecified atom stereocenters. The fourth-order valence-electron chi connectivity index (χ4n) is 3.61. The van der Waals surface area contributed by atoms with E-state index in [0.717, 1.165) is 18.5 Å². The molecule has 0 aliphatic carbocycles. The minimum atomic E-state index is 0.0536. The van der Waals surface area contributed by atoms with E-state index >= 15 is 0 Å². The molecular weight excluding hydrogens is 296 g/mol. The van der Waals surface area contributed by atoms with Crippen LogP contribution >= 0.6 is 0 Å². The zero-order valence-electron chi connectivity index (χ0n) is 16.4. The Morgan fingerprint density at radius 1 is 1.04 bits per heavy atom. The minimum absolute atomic E-state index is 0.0536. The zero-order valence-corrected chi connectivity index (χ0v) is 16.4. The summed E-state index contributed by atoms with van der Waals surface area (Å²) in [5, 5.41) is 2.27. The highest BCUT2D eigenvalue weighted by Gasteiger charge is 2.41. The number of hydrazine groups is 1. The lowest BCUT2D eigenvalue weighted by Crippen LogP contribution is -2.66. The average Bonchev–Trinajstić information content (AvgIpc) is 2.42. The second-order valence-electron chi connectivity index (χ2n) is 9.22. The van der Waals surface area contributed by atoms with E-state index in [1.54, 1.807) is 0 Å². The zero-order chi connectivity index (χ0) is 18.2. The molecule has 0 amide bonds. The van der Waals surface area contributed by atoms with E-state index in [1.807, 2.05) is 12.1 Å². The molecule has 1 fully saturated rings. The molecule has 4 nitrogen and oxygen atoms in total. The molecule has 2 rings (SSSR count). The van der Waals surface area contributed by atoms with E-state index in [2.05, 4.69) is 76.0 Å². The molecule has 1 aromatic rings. The summed E-state index contributed by atoms with van der Waals surface area (Å²) in [5.74, 6) is 0.446. The van der Waals surface area contributed by atoms with Crippen molar-refractivity contribution in [2.45, 2.75) is 84.2 Å². The third-order valence-corrected chi connectivity index (χ3v) is 5.00. The van der Waals surface area contributed by atoms with Gasteiger partial charge >= 0.3 is 0 Å². The average molecular weight is 331 g/mol. The Morgan fingerprint density at radius 3 is 2.00 bits per heavy atom. The molecule has 0 spiro atoms. The van der Waals surface area contributed by atoms with E-state index in [9.17, 15) is 0 Å². The number of piperidine rings is 1. The lowest BCUT2D eigenvalue weighted by molar-refractivity contribution is -0.0512. The maximum absolute atomic E-state index is 6.20. The van der Waals surface area contributed by atoms with Crippen molar-refractivity contribution < 1.29 is 0 Å². The molecule has 0 saturated carbocycles. The molecule has 0 aromatic heterocycles. The maximum atomic E-state index is 6.20. The predicted octanol–water partition coefficient (Wildman–Crippen LogP) is 4.48. The summed E-state index contributed by atoms with van der Waals surface area (Å²) in [5.41, 5.74) is 12.0. The third-order valence-electron chi connectivity index (χ3n) is 5.00. The lowest BCUT2D eigenvalue weighted by Gasteiger charge is -2.52. The molecule has 134 valence electrons. The first-order chi connectivity index (χ1) is 10.9. The minimum Gasteiger partial charge on any atom is -0.369 e. The Bertz CT molecular complexity index is 575. The standard InChI is InChI=1S/C20H34N4/c1-18(2,3)15-9-11-16(12-10-15)22-17(21)23-24-19(4,5)13-8-14-20(24,6)7/h9-12H,8,13-14H2,1-7H3,(H3,21,22,23). The Labute approximate surface area is 147 Å². The van der Waals surface area contributed by atoms with Crippen molar-refractivity contribution in [2.75, 3.05) is 0 Å². The summed E-state index contributed by atoms with van der Waals surface area (Å²) in [4.78, 5) is 4.55. The highest BCUT2D eigenvalue weighted by Crippen LogP contribution is 2.36. The number of nitrogens with two attached hydrogens (primary N) is 1. The van der Waals surface area contributed by atoms with E-state index in [4.69, 9.17) is 5.73 Å². The topological polar surface area (TPSA) is 53.6 Å². The molecular formula is C20H34N4. The second-order valence-corrected chi connectivity index (χ2v) is 9.22. The molecule has 4 heteroatoms. The normalized spacial score (nSPS) is 21.5. The van der Waals surface area contributed by atoms with Gasteiger partial charge in [-0.15, -0.1) is 0 Å². The van der Waals surface area contributed by atoms with Gasteiger partial charge in [-0.3, -0.25) is 5.43 Å². The van der Waals surface area contributed by atoms with Crippen LogP contribution in [0.25, 0.3) is 0 Å². The van der Waals surface area contributed by atoms with Crippen molar-refractivity contribution in [1.29, 1.82) is 0 Å². The van der Waals surface area contributed by atoms with Crippen molar-refractivity contribution in [3.05, 3.63) is 29.8 Å². The first-order valence-electron chi connectivity index (χ1n) is 8.94. The fourth-order valence-corrected chi connectivity index (χ4v) is 3.61. The van der Waals surface area contributed by atoms with Crippen LogP contribution in [-0.2, 0) is 5.41 Å². The highest BCUT2D eigenvalue weighted by atomic mass is 15.6. The number of hydrogen-bond donors (Lipinski definition) is 2. The first kappa shape index (κ1) is 18.8. The molecule has 0 bridgehead atoms. The third kappa shape index (κ3) is 4.29. The smallest absolute Gasteiger partial charge is 0.208 e. The van der Waals surface area contributed by atoms with Gasteiger partial charge in [0.25, 0.3) is 0 Å². The van der Waals surface area contributed by atoms with Crippen LogP contribution in [-0.4, -0.2) is 22.0 Å². The molecule has 1 aliphatic rings. The monoisotopic (exact) mass is 330 g/mol. The van der Waals surface area contributed by atoms with Crippen molar-refractivity contribution >= 4 is 11.6 Å². The summed E-state index contributed by atoms with van der Waals surface area (Å²) in [6, 6.07) is 8.31. The molecule has 0 radical (unpaired) electrons. The van der Waals surface area contributed by atoms with Gasteiger partial charge in [0.15, 0.2) is 0 Å². The van der Waals surface area contributed by atoms with Crippen LogP contribution < -0.4 is 11.2 Å². The van der Waals surface area contributed by atoms with Gasteiger partial charge in [-0.1, -0.05) is 32.9 Å². The second kappa shape index (κ2) is 6.40. The molecule has 3 N–H and O–H groups in total. The van der Waals surface area contributed by atoms with Gasteiger partial charge in [0, 0.05) is 11.1 Å². The number of benzene rings is 1. The van der Waals surface area contributed by atoms with Crippen molar-refractivity contribution in [2.24, 2.45) is 10.7 Å². The summed E-state index contributed by atoms with van der Waals surface area (Å²) in [6.45, 7) is 15.7. The maximum Gasteiger partial charge on any atom is 0.208 e. The highest BCUT2D eigenvalue weighted by molar-refractivity contribution is 5.80. The molecule has 1 heterocycles. The quantitative estimate of drug-likeness (QED) is 0.621. The summed E-state index contributed by atoms with van der Waals surface area (Å²) < 4.78 is 0. The van der Waals surface area contributed by atoms with Crippen LogP contribution in [0.4, 0.5) is 5.69 Å². The predicted molar refractivity (Wildman–Crippen MR) is 103 cm³/mol. The number of rotatable bonds is 2. The van der Waals surface area contributed by atoms with Gasteiger partial charge in [0.05, 0.1) is 5.69 Å². The van der Waals surface area contributed by atoms with Gasteiger partial charge in [-0.05, 0) is 70.1 Å². The SMILES string of the molecule is CC(C)(C)c1ccc(N=C(N)NN2C(C)(C)CCCC2(C)C)cc1. The van der Waals surface area contributed by atoms with Crippen LogP contribution in [0.2, 0.25) is 0 Å². The molecule has 24 heavy (non-hydrogen) atoms. The van der Waals surface area contributed by atoms with Crippen molar-refractivity contribution in [3.63, 3.8) is 0 Å². The summed E-state index contributed by atoms with van der Waals surface area (Å²) in [6.07, 6.45) is 3.54. The summed E-state index contributed by atoms with van der Waals surface area (Å²) >= 11 is 0. The number of hydrogen-bond acceptors (Lipinski definition) is 2. The summed E-state index contributed by atoms with van der Waals surface area (Å²) in [7, 11) is 0. The Kier molecular flexibility index (Phi) is 5.01. The van der Waals surface area contributed by atoms with Crippen molar-refractivity contribution in [1.82, 2.24) is 10.4 Å². The van der Waals surface area contributed by atoms with Crippen LogP contribution in [0.3, 0.4) is 0 Å². The van der Waals surface area contributed by atoms with Crippen molar-refractivity contribution in [3.8, 4) is 0 Å². The molecule has 1 aliphatic heterocycles. The number of nitrogens with one attached hydrogen (secondary N) is 1. The fraction of sp³-hybridized carbons (Fsp3) is 0.650. The molecule has 1 aromatic carbocycles. The van der Waals surface area contributed by atoms with Gasteiger partial charge in [-0.2, -0.15) is 0 Å². The van der Waals surface area contributed by atoms with Crippen LogP contribution in [0.5, 0.6) is 0 Å². The van der Waals surface area contributed by atoms with Crippen LogP contribution in [0.15, 0.2) is 29.3 Å². The van der Waals surface area contributed by atoms with Gasteiger partial charge in [0.2, 0.25) is 5.96 Å². The number of aliphatic imine (C=N–C) groups is 1. The van der Waals surface area contributed by atoms with E-state index in [0.29, 0.717) is 5.96 Å². The first-order valence-corrected chi connectivity index (χ1v) is 8.94. The lowest BCUT2D eigenvalue weighted by atomic mass is 9.82. The Hall–Kier alpha value is -1.55. The van der Waals surface area contributed by atoms with Gasteiger partial charge < -0.3 is 5.73 Å².